The summed E-state index contributed by atoms with van der Waals surface area (Å²) >= 11 is 1.14. The van der Waals surface area contributed by atoms with Gasteiger partial charge in [-0.25, -0.2) is 9.36 Å². The second-order valence-corrected chi connectivity index (χ2v) is 8.48. The van der Waals surface area contributed by atoms with Crippen LogP contribution in [-0.4, -0.2) is 15.0 Å². The normalized spacial score (nSPS) is 11.7. The molecule has 0 aliphatic carbocycles. The van der Waals surface area contributed by atoms with E-state index in [0.29, 0.717) is 16.0 Å². The summed E-state index contributed by atoms with van der Waals surface area (Å²) < 4.78 is 41.3. The van der Waals surface area contributed by atoms with E-state index in [4.69, 9.17) is 0 Å². The third kappa shape index (κ3) is 4.34. The zero-order chi connectivity index (χ0) is 23.9. The molecule has 2 aromatic heterocycles. The lowest BCUT2D eigenvalue weighted by Gasteiger charge is -2.15. The summed E-state index contributed by atoms with van der Waals surface area (Å²) in [5.74, 6) is -0.699. The predicted molar refractivity (Wildman–Crippen MR) is 121 cm³/mol. The van der Waals surface area contributed by atoms with Crippen molar-refractivity contribution in [2.45, 2.75) is 26.6 Å². The van der Waals surface area contributed by atoms with E-state index in [2.05, 4.69) is 5.32 Å². The Kier molecular flexibility index (Phi) is 5.71. The smallest absolute Gasteiger partial charge is 0.325 e. The number of halogens is 3. The molecule has 0 bridgehead atoms. The molecular weight excluding hydrogens is 455 g/mol. The lowest BCUT2D eigenvalue weighted by Crippen LogP contribution is -2.40. The van der Waals surface area contributed by atoms with Crippen molar-refractivity contribution in [2.75, 3.05) is 5.32 Å². The highest BCUT2D eigenvalue weighted by Gasteiger charge is 2.30. The highest BCUT2D eigenvalue weighted by Crippen LogP contribution is 2.30. The van der Waals surface area contributed by atoms with Crippen LogP contribution in [-0.2, 0) is 17.5 Å². The van der Waals surface area contributed by atoms with Crippen LogP contribution >= 0.6 is 11.3 Å². The first-order valence-corrected chi connectivity index (χ1v) is 10.7. The summed E-state index contributed by atoms with van der Waals surface area (Å²) in [6.45, 7) is 3.12. The van der Waals surface area contributed by atoms with Crippen molar-refractivity contribution < 1.29 is 18.0 Å². The van der Waals surface area contributed by atoms with Crippen LogP contribution in [0.3, 0.4) is 0 Å². The molecule has 0 aliphatic heterocycles. The number of nitrogens with one attached hydrogen (secondary N) is 1. The van der Waals surface area contributed by atoms with Gasteiger partial charge in [0.25, 0.3) is 5.56 Å². The Morgan fingerprint density at radius 2 is 1.82 bits per heavy atom. The molecule has 0 saturated carbocycles. The Balaban J connectivity index is 1.77. The van der Waals surface area contributed by atoms with Crippen molar-refractivity contribution in [1.29, 1.82) is 0 Å². The molecule has 33 heavy (non-hydrogen) atoms. The minimum Gasteiger partial charge on any atom is -0.325 e. The maximum atomic E-state index is 13.3. The van der Waals surface area contributed by atoms with Gasteiger partial charge in [0.1, 0.15) is 11.2 Å². The third-order valence-corrected chi connectivity index (χ3v) is 6.03. The van der Waals surface area contributed by atoms with Crippen molar-refractivity contribution in [3.63, 3.8) is 0 Å². The summed E-state index contributed by atoms with van der Waals surface area (Å²) in [7, 11) is 0. The SMILES string of the molecule is Cc1ccc(C)c(-n2c(=O)c3sccc3n(CC(=O)Nc3cccc(C(F)(F)F)c3)c2=O)c1. The second-order valence-electron chi connectivity index (χ2n) is 7.56. The lowest BCUT2D eigenvalue weighted by atomic mass is 10.1. The van der Waals surface area contributed by atoms with E-state index in [0.717, 1.165) is 38.2 Å². The molecule has 0 atom stereocenters. The first-order chi connectivity index (χ1) is 15.6. The van der Waals surface area contributed by atoms with Gasteiger partial charge in [-0.2, -0.15) is 13.2 Å². The first-order valence-electron chi connectivity index (χ1n) is 9.84. The first kappa shape index (κ1) is 22.5. The van der Waals surface area contributed by atoms with Crippen LogP contribution in [0.15, 0.2) is 63.5 Å². The Labute approximate surface area is 189 Å². The molecule has 10 heteroatoms. The predicted octanol–water partition coefficient (Wildman–Crippen LogP) is 4.49. The van der Waals surface area contributed by atoms with Gasteiger partial charge in [-0.3, -0.25) is 14.2 Å². The molecule has 6 nitrogen and oxygen atoms in total. The van der Waals surface area contributed by atoms with Crippen molar-refractivity contribution in [3.8, 4) is 5.69 Å². The number of aryl methyl sites for hydroxylation is 2. The van der Waals surface area contributed by atoms with E-state index in [1.807, 2.05) is 13.0 Å². The number of hydrogen-bond acceptors (Lipinski definition) is 4. The van der Waals surface area contributed by atoms with Crippen molar-refractivity contribution in [1.82, 2.24) is 9.13 Å². The van der Waals surface area contributed by atoms with E-state index >= 15 is 0 Å². The fourth-order valence-electron chi connectivity index (χ4n) is 3.53. The number of rotatable bonds is 4. The Bertz CT molecular complexity index is 1500. The van der Waals surface area contributed by atoms with E-state index in [9.17, 15) is 27.6 Å². The lowest BCUT2D eigenvalue weighted by molar-refractivity contribution is -0.137. The second kappa shape index (κ2) is 8.36. The van der Waals surface area contributed by atoms with Gasteiger partial charge in [-0.05, 0) is 60.7 Å². The third-order valence-electron chi connectivity index (χ3n) is 5.14. The highest BCUT2D eigenvalue weighted by molar-refractivity contribution is 7.17. The van der Waals surface area contributed by atoms with Crippen LogP contribution in [0.2, 0.25) is 0 Å². The Hall–Kier alpha value is -3.66. The summed E-state index contributed by atoms with van der Waals surface area (Å²) in [6, 6.07) is 11.1. The van der Waals surface area contributed by atoms with Crippen LogP contribution in [0.25, 0.3) is 15.9 Å². The van der Waals surface area contributed by atoms with Crippen LogP contribution in [0.1, 0.15) is 16.7 Å². The molecule has 0 fully saturated rings. The van der Waals surface area contributed by atoms with Gasteiger partial charge in [-0.15, -0.1) is 11.3 Å². The zero-order valence-corrected chi connectivity index (χ0v) is 18.4. The standard InChI is InChI=1S/C23H18F3N3O3S/c1-13-6-7-14(2)18(10-13)29-21(31)20-17(8-9-33-20)28(22(29)32)12-19(30)27-16-5-3-4-15(11-16)23(24,25)26/h3-11H,12H2,1-2H3,(H,27,30). The fraction of sp³-hybridized carbons (Fsp3) is 0.174. The van der Waals surface area contributed by atoms with Gasteiger partial charge in [0.05, 0.1) is 16.8 Å². The van der Waals surface area contributed by atoms with Gasteiger partial charge < -0.3 is 5.32 Å². The molecule has 0 spiro atoms. The van der Waals surface area contributed by atoms with E-state index < -0.39 is 35.4 Å². The molecule has 170 valence electrons. The van der Waals surface area contributed by atoms with Crippen LogP contribution in [0.4, 0.5) is 18.9 Å². The number of thiophene rings is 1. The molecular formula is C23H18F3N3O3S. The number of aromatic nitrogens is 2. The molecule has 1 amide bonds. The summed E-state index contributed by atoms with van der Waals surface area (Å²) in [5.41, 5.74) is 0.0984. The largest absolute Gasteiger partial charge is 0.416 e. The summed E-state index contributed by atoms with van der Waals surface area (Å²) in [4.78, 5) is 39.1. The highest BCUT2D eigenvalue weighted by atomic mass is 32.1. The molecule has 0 aliphatic rings. The van der Waals surface area contributed by atoms with E-state index in [1.54, 1.807) is 30.5 Å². The van der Waals surface area contributed by atoms with Gasteiger partial charge in [-0.1, -0.05) is 18.2 Å². The number of alkyl halides is 3. The van der Waals surface area contributed by atoms with E-state index in [-0.39, 0.29) is 11.2 Å². The molecule has 4 rings (SSSR count). The van der Waals surface area contributed by atoms with Crippen LogP contribution < -0.4 is 16.6 Å². The van der Waals surface area contributed by atoms with Crippen molar-refractivity contribution in [3.05, 3.63) is 91.4 Å². The van der Waals surface area contributed by atoms with Crippen LogP contribution in [0.5, 0.6) is 0 Å². The van der Waals surface area contributed by atoms with Gasteiger partial charge in [0, 0.05) is 5.69 Å². The monoisotopic (exact) mass is 473 g/mol. The Morgan fingerprint density at radius 3 is 2.55 bits per heavy atom. The number of hydrogen-bond donors (Lipinski definition) is 1. The molecule has 4 aromatic rings. The molecule has 0 radical (unpaired) electrons. The van der Waals surface area contributed by atoms with E-state index in [1.165, 1.54) is 12.1 Å². The number of amides is 1. The number of fused-ring (bicyclic) bond motifs is 1. The van der Waals surface area contributed by atoms with Crippen LogP contribution in [0, 0.1) is 13.8 Å². The fourth-order valence-corrected chi connectivity index (χ4v) is 4.35. The van der Waals surface area contributed by atoms with Gasteiger partial charge in [0.2, 0.25) is 5.91 Å². The van der Waals surface area contributed by atoms with Gasteiger partial charge in [0.15, 0.2) is 0 Å². The maximum absolute atomic E-state index is 13.3. The average molecular weight is 473 g/mol. The summed E-state index contributed by atoms with van der Waals surface area (Å²) in [6.07, 6.45) is -4.55. The minimum absolute atomic E-state index is 0.0488. The number of carbonyl (C=O) groups excluding carboxylic acids is 1. The Morgan fingerprint density at radius 1 is 1.06 bits per heavy atom. The number of nitrogens with zero attached hydrogens (tertiary/aromatic N) is 2. The zero-order valence-electron chi connectivity index (χ0n) is 17.6. The summed E-state index contributed by atoms with van der Waals surface area (Å²) in [5, 5.41) is 4.04. The van der Waals surface area contributed by atoms with Crippen molar-refractivity contribution >= 4 is 33.1 Å². The minimum atomic E-state index is -4.55. The number of benzene rings is 2. The molecule has 2 aromatic carbocycles. The molecule has 0 unspecified atom stereocenters. The molecule has 1 N–H and O–H groups in total. The quantitative estimate of drug-likeness (QED) is 0.475. The average Bonchev–Trinajstić information content (AvgIpc) is 3.23. The maximum Gasteiger partial charge on any atom is 0.416 e. The van der Waals surface area contributed by atoms with Crippen molar-refractivity contribution in [2.24, 2.45) is 0 Å². The van der Waals surface area contributed by atoms with Gasteiger partial charge >= 0.3 is 11.9 Å². The molecule has 0 saturated heterocycles. The number of anilines is 1. The number of carbonyl (C=O) groups is 1. The molecule has 2 heterocycles. The topological polar surface area (TPSA) is 73.1 Å².